The summed E-state index contributed by atoms with van der Waals surface area (Å²) in [7, 11) is 0. The van der Waals surface area contributed by atoms with E-state index < -0.39 is 17.7 Å². The van der Waals surface area contributed by atoms with Gasteiger partial charge in [-0.05, 0) is 33.1 Å². The van der Waals surface area contributed by atoms with Gasteiger partial charge in [0.25, 0.3) is 0 Å². The zero-order valence-electron chi connectivity index (χ0n) is 10.4. The molecule has 0 rings (SSSR count). The van der Waals surface area contributed by atoms with Crippen LogP contribution in [0.1, 0.15) is 34.1 Å². The Hall–Kier alpha value is -1.50. The topological polar surface area (TPSA) is 62.1 Å². The van der Waals surface area contributed by atoms with Gasteiger partial charge in [0, 0.05) is 0 Å². The van der Waals surface area contributed by atoms with Crippen LogP contribution in [-0.4, -0.2) is 17.7 Å². The Morgan fingerprint density at radius 2 is 2.19 bits per heavy atom. The van der Waals surface area contributed by atoms with E-state index in [-0.39, 0.29) is 5.92 Å². The summed E-state index contributed by atoms with van der Waals surface area (Å²) in [5.41, 5.74) is -0.547. The van der Waals surface area contributed by atoms with E-state index in [0.29, 0.717) is 6.42 Å². The Morgan fingerprint density at radius 3 is 2.56 bits per heavy atom. The van der Waals surface area contributed by atoms with Crippen molar-refractivity contribution in [3.8, 4) is 6.07 Å². The maximum absolute atomic E-state index is 11.4. The highest BCUT2D eigenvalue weighted by Crippen LogP contribution is 2.09. The van der Waals surface area contributed by atoms with Gasteiger partial charge in [0.05, 0.1) is 6.07 Å². The van der Waals surface area contributed by atoms with Crippen LogP contribution in [0.25, 0.3) is 0 Å². The van der Waals surface area contributed by atoms with Gasteiger partial charge in [0.1, 0.15) is 11.6 Å². The van der Waals surface area contributed by atoms with Gasteiger partial charge in [-0.25, -0.2) is 4.79 Å². The Bertz CT molecular complexity index is 286. The van der Waals surface area contributed by atoms with Crippen LogP contribution in [0.4, 0.5) is 4.79 Å². The number of nitrogens with one attached hydrogen (secondary N) is 1. The van der Waals surface area contributed by atoms with Gasteiger partial charge < -0.3 is 10.1 Å². The summed E-state index contributed by atoms with van der Waals surface area (Å²) in [6.45, 7) is 10.9. The number of nitriles is 1. The van der Waals surface area contributed by atoms with E-state index in [2.05, 4.69) is 11.9 Å². The molecule has 0 aromatic rings. The molecule has 0 bridgehead atoms. The van der Waals surface area contributed by atoms with Gasteiger partial charge in [-0.1, -0.05) is 13.0 Å². The summed E-state index contributed by atoms with van der Waals surface area (Å²) in [4.78, 5) is 11.4. The fraction of sp³-hybridized carbons (Fsp3) is 0.667. The first-order chi connectivity index (χ1) is 7.28. The van der Waals surface area contributed by atoms with Crippen LogP contribution in [0.5, 0.6) is 0 Å². The second-order valence-corrected chi connectivity index (χ2v) is 4.78. The molecule has 0 aromatic heterocycles. The van der Waals surface area contributed by atoms with E-state index in [4.69, 9.17) is 10.00 Å². The largest absolute Gasteiger partial charge is 0.444 e. The molecular formula is C12H20N2O2. The summed E-state index contributed by atoms with van der Waals surface area (Å²) in [6, 6.07) is 1.49. The van der Waals surface area contributed by atoms with E-state index in [1.54, 1.807) is 26.8 Å². The number of carbonyl (C=O) groups is 1. The highest BCUT2D eigenvalue weighted by atomic mass is 16.6. The molecule has 4 heteroatoms. The molecule has 0 saturated heterocycles. The molecule has 0 spiro atoms. The van der Waals surface area contributed by atoms with Crippen molar-refractivity contribution in [2.75, 3.05) is 0 Å². The van der Waals surface area contributed by atoms with E-state index in [0.717, 1.165) is 0 Å². The van der Waals surface area contributed by atoms with Crippen LogP contribution in [-0.2, 0) is 4.74 Å². The molecule has 0 saturated carbocycles. The fourth-order valence-corrected chi connectivity index (χ4v) is 1.06. The van der Waals surface area contributed by atoms with E-state index in [1.807, 2.05) is 13.0 Å². The van der Waals surface area contributed by atoms with Crippen LogP contribution in [0.2, 0.25) is 0 Å². The number of amides is 1. The predicted molar refractivity (Wildman–Crippen MR) is 62.7 cm³/mol. The minimum Gasteiger partial charge on any atom is -0.444 e. The van der Waals surface area contributed by atoms with Gasteiger partial charge in [0.2, 0.25) is 0 Å². The summed E-state index contributed by atoms with van der Waals surface area (Å²) < 4.78 is 5.06. The number of hydrogen-bond donors (Lipinski definition) is 1. The number of alkyl carbamates (subject to hydrolysis) is 1. The predicted octanol–water partition coefficient (Wildman–Crippen LogP) is 2.62. The van der Waals surface area contributed by atoms with Crippen molar-refractivity contribution in [3.63, 3.8) is 0 Å². The zero-order valence-corrected chi connectivity index (χ0v) is 10.4. The zero-order chi connectivity index (χ0) is 12.8. The monoisotopic (exact) mass is 224 g/mol. The fourth-order valence-electron chi connectivity index (χ4n) is 1.06. The molecule has 0 aromatic carbocycles. The number of ether oxygens (including phenoxy) is 1. The Kier molecular flexibility index (Phi) is 5.59. The molecule has 90 valence electrons. The molecule has 4 nitrogen and oxygen atoms in total. The van der Waals surface area contributed by atoms with Crippen LogP contribution < -0.4 is 5.32 Å². The quantitative estimate of drug-likeness (QED) is 0.746. The molecule has 1 N–H and O–H groups in total. The van der Waals surface area contributed by atoms with Gasteiger partial charge >= 0.3 is 6.09 Å². The van der Waals surface area contributed by atoms with E-state index in [1.165, 1.54) is 0 Å². The summed E-state index contributed by atoms with van der Waals surface area (Å²) >= 11 is 0. The summed E-state index contributed by atoms with van der Waals surface area (Å²) in [6.07, 6.45) is 1.73. The summed E-state index contributed by atoms with van der Waals surface area (Å²) in [5, 5.41) is 11.4. The lowest BCUT2D eigenvalue weighted by atomic mass is 10.0. The first-order valence-electron chi connectivity index (χ1n) is 5.30. The lowest BCUT2D eigenvalue weighted by Gasteiger charge is -2.21. The highest BCUT2D eigenvalue weighted by molar-refractivity contribution is 5.68. The molecule has 16 heavy (non-hydrogen) atoms. The van der Waals surface area contributed by atoms with Crippen LogP contribution >= 0.6 is 0 Å². The lowest BCUT2D eigenvalue weighted by molar-refractivity contribution is 0.0512. The third-order valence-corrected chi connectivity index (χ3v) is 1.86. The molecule has 0 aliphatic heterocycles. The second-order valence-electron chi connectivity index (χ2n) is 4.78. The molecular weight excluding hydrogens is 204 g/mol. The standard InChI is InChI=1S/C12H20N2O2/c1-6-9(2)7-10(8-13)14-11(15)16-12(3,4)5/h6,9-10H,1,7H2,2-5H3,(H,14,15)/t9?,10-/m0/s1. The van der Waals surface area contributed by atoms with Crippen molar-refractivity contribution in [1.29, 1.82) is 5.26 Å². The average Bonchev–Trinajstić information content (AvgIpc) is 2.13. The lowest BCUT2D eigenvalue weighted by Crippen LogP contribution is -2.39. The number of hydrogen-bond acceptors (Lipinski definition) is 3. The van der Waals surface area contributed by atoms with Gasteiger partial charge in [0.15, 0.2) is 0 Å². The van der Waals surface area contributed by atoms with E-state index >= 15 is 0 Å². The van der Waals surface area contributed by atoms with E-state index in [9.17, 15) is 4.79 Å². The Morgan fingerprint density at radius 1 is 1.62 bits per heavy atom. The van der Waals surface area contributed by atoms with Crippen LogP contribution in [0.15, 0.2) is 12.7 Å². The molecule has 0 aliphatic rings. The third kappa shape index (κ3) is 6.88. The molecule has 1 amide bonds. The number of allylic oxidation sites excluding steroid dienone is 1. The maximum atomic E-state index is 11.4. The number of nitrogens with zero attached hydrogens (tertiary/aromatic N) is 1. The van der Waals surface area contributed by atoms with Gasteiger partial charge in [-0.2, -0.15) is 5.26 Å². The SMILES string of the molecule is C=CC(C)C[C@@H](C#N)NC(=O)OC(C)(C)C. The van der Waals surface area contributed by atoms with Crippen molar-refractivity contribution >= 4 is 6.09 Å². The average molecular weight is 224 g/mol. The van der Waals surface area contributed by atoms with Gasteiger partial charge in [-0.3, -0.25) is 0 Å². The van der Waals surface area contributed by atoms with Crippen LogP contribution in [0, 0.1) is 17.2 Å². The number of rotatable bonds is 4. The highest BCUT2D eigenvalue weighted by Gasteiger charge is 2.19. The van der Waals surface area contributed by atoms with Crippen molar-refractivity contribution in [3.05, 3.63) is 12.7 Å². The van der Waals surface area contributed by atoms with Gasteiger partial charge in [-0.15, -0.1) is 6.58 Å². The van der Waals surface area contributed by atoms with Crippen molar-refractivity contribution < 1.29 is 9.53 Å². The maximum Gasteiger partial charge on any atom is 0.408 e. The Labute approximate surface area is 97.3 Å². The first-order valence-corrected chi connectivity index (χ1v) is 5.30. The molecule has 0 aliphatic carbocycles. The molecule has 2 atom stereocenters. The molecule has 0 heterocycles. The normalized spacial score (nSPS) is 14.4. The van der Waals surface area contributed by atoms with Crippen LogP contribution in [0.3, 0.4) is 0 Å². The first kappa shape index (κ1) is 14.5. The van der Waals surface area contributed by atoms with Crippen molar-refractivity contribution in [1.82, 2.24) is 5.32 Å². The second kappa shape index (κ2) is 6.16. The van der Waals surface area contributed by atoms with Crippen molar-refractivity contribution in [2.45, 2.75) is 45.8 Å². The molecule has 0 radical (unpaired) electrons. The molecule has 0 fully saturated rings. The van der Waals surface area contributed by atoms with Crippen molar-refractivity contribution in [2.24, 2.45) is 5.92 Å². The Balaban J connectivity index is 4.19. The minimum atomic E-state index is -0.560. The smallest absolute Gasteiger partial charge is 0.408 e. The minimum absolute atomic E-state index is 0.180. The molecule has 1 unspecified atom stereocenters. The number of carbonyl (C=O) groups excluding carboxylic acids is 1. The summed E-state index contributed by atoms with van der Waals surface area (Å²) in [5.74, 6) is 0.180. The third-order valence-electron chi connectivity index (χ3n) is 1.86.